The van der Waals surface area contributed by atoms with Crippen molar-refractivity contribution in [1.82, 2.24) is 10.2 Å². The van der Waals surface area contributed by atoms with Gasteiger partial charge in [0.05, 0.1) is 0 Å². The maximum atomic E-state index is 3.21. The summed E-state index contributed by atoms with van der Waals surface area (Å²) in [7, 11) is 2.00. The smallest absolute Gasteiger partial charge is 0.0328 e. The Morgan fingerprint density at radius 1 is 1.06 bits per heavy atom. The molecule has 1 aromatic rings. The van der Waals surface area contributed by atoms with Crippen LogP contribution in [-0.2, 0) is 13.1 Å². The molecule has 104 valence electrons. The van der Waals surface area contributed by atoms with Gasteiger partial charge >= 0.3 is 0 Å². The fourth-order valence-corrected chi connectivity index (χ4v) is 3.31. The van der Waals surface area contributed by atoms with Crippen LogP contribution in [0.3, 0.4) is 0 Å². The van der Waals surface area contributed by atoms with E-state index in [-0.39, 0.29) is 0 Å². The van der Waals surface area contributed by atoms with Crippen molar-refractivity contribution in [2.24, 2.45) is 11.8 Å². The molecule has 0 amide bonds. The molecule has 0 aliphatic rings. The van der Waals surface area contributed by atoms with Crippen molar-refractivity contribution in [3.8, 4) is 0 Å². The molecule has 1 aromatic heterocycles. The third kappa shape index (κ3) is 5.98. The van der Waals surface area contributed by atoms with Crippen molar-refractivity contribution < 1.29 is 0 Å². The molecule has 0 aromatic carbocycles. The molecule has 0 fully saturated rings. The van der Waals surface area contributed by atoms with Crippen LogP contribution in [0.25, 0.3) is 0 Å². The Balaban J connectivity index is 2.57. The van der Waals surface area contributed by atoms with Crippen molar-refractivity contribution in [3.05, 3.63) is 21.9 Å². The zero-order valence-electron chi connectivity index (χ0n) is 12.5. The molecule has 2 nitrogen and oxygen atoms in total. The molecule has 0 saturated carbocycles. The maximum absolute atomic E-state index is 3.21. The second-order valence-electron chi connectivity index (χ2n) is 5.88. The average molecular weight is 268 g/mol. The van der Waals surface area contributed by atoms with Crippen molar-refractivity contribution in [1.29, 1.82) is 0 Å². The molecular formula is C15H28N2S. The monoisotopic (exact) mass is 268 g/mol. The van der Waals surface area contributed by atoms with Crippen molar-refractivity contribution in [2.75, 3.05) is 20.1 Å². The highest BCUT2D eigenvalue weighted by atomic mass is 32.1. The van der Waals surface area contributed by atoms with Crippen LogP contribution in [0.2, 0.25) is 0 Å². The van der Waals surface area contributed by atoms with Crippen molar-refractivity contribution in [2.45, 2.75) is 40.8 Å². The first-order valence-corrected chi connectivity index (χ1v) is 7.77. The van der Waals surface area contributed by atoms with Gasteiger partial charge in [-0.1, -0.05) is 27.7 Å². The van der Waals surface area contributed by atoms with Gasteiger partial charge in [0.25, 0.3) is 0 Å². The minimum atomic E-state index is 0.737. The van der Waals surface area contributed by atoms with Gasteiger partial charge in [0, 0.05) is 35.9 Å². The zero-order valence-corrected chi connectivity index (χ0v) is 13.3. The Bertz CT molecular complexity index is 321. The molecular weight excluding hydrogens is 240 g/mol. The van der Waals surface area contributed by atoms with Crippen molar-refractivity contribution >= 4 is 11.3 Å². The Labute approximate surface area is 116 Å². The lowest BCUT2D eigenvalue weighted by atomic mass is 10.1. The quantitative estimate of drug-likeness (QED) is 0.775. The van der Waals surface area contributed by atoms with Gasteiger partial charge in [-0.05, 0) is 31.0 Å². The van der Waals surface area contributed by atoms with E-state index >= 15 is 0 Å². The van der Waals surface area contributed by atoms with Gasteiger partial charge in [-0.3, -0.25) is 4.90 Å². The number of thiophene rings is 1. The lowest BCUT2D eigenvalue weighted by Gasteiger charge is -2.25. The lowest BCUT2D eigenvalue weighted by Crippen LogP contribution is -2.30. The molecule has 1 heterocycles. The van der Waals surface area contributed by atoms with E-state index in [0.29, 0.717) is 0 Å². The fourth-order valence-electron chi connectivity index (χ4n) is 2.23. The number of nitrogens with one attached hydrogen (secondary N) is 1. The van der Waals surface area contributed by atoms with Crippen LogP contribution in [0.15, 0.2) is 12.1 Å². The van der Waals surface area contributed by atoms with E-state index in [2.05, 4.69) is 50.0 Å². The number of rotatable bonds is 8. The number of nitrogens with zero attached hydrogens (tertiary/aromatic N) is 1. The Morgan fingerprint density at radius 3 is 2.11 bits per heavy atom. The largest absolute Gasteiger partial charge is 0.315 e. The third-order valence-electron chi connectivity index (χ3n) is 2.69. The highest BCUT2D eigenvalue weighted by molar-refractivity contribution is 7.11. The number of hydrogen-bond donors (Lipinski definition) is 1. The van der Waals surface area contributed by atoms with Crippen LogP contribution in [0.1, 0.15) is 37.4 Å². The molecule has 0 spiro atoms. The van der Waals surface area contributed by atoms with Crippen molar-refractivity contribution in [3.63, 3.8) is 0 Å². The molecule has 3 heteroatoms. The van der Waals surface area contributed by atoms with E-state index < -0.39 is 0 Å². The topological polar surface area (TPSA) is 15.3 Å². The van der Waals surface area contributed by atoms with Crippen LogP contribution in [0.5, 0.6) is 0 Å². The summed E-state index contributed by atoms with van der Waals surface area (Å²) >= 11 is 1.94. The fraction of sp³-hybridized carbons (Fsp3) is 0.733. The summed E-state index contributed by atoms with van der Waals surface area (Å²) in [4.78, 5) is 5.51. The molecule has 0 atom stereocenters. The zero-order chi connectivity index (χ0) is 13.5. The van der Waals surface area contributed by atoms with Gasteiger partial charge in [0.1, 0.15) is 0 Å². The Kier molecular flexibility index (Phi) is 6.90. The van der Waals surface area contributed by atoms with E-state index in [0.717, 1.165) is 24.9 Å². The SMILES string of the molecule is CNCc1ccc(CN(CC(C)C)CC(C)C)s1. The number of hydrogen-bond acceptors (Lipinski definition) is 3. The van der Waals surface area contributed by atoms with Gasteiger partial charge < -0.3 is 5.32 Å². The predicted octanol–water partition coefficient (Wildman–Crippen LogP) is 3.58. The summed E-state index contributed by atoms with van der Waals surface area (Å²) in [6, 6.07) is 4.53. The molecule has 18 heavy (non-hydrogen) atoms. The maximum Gasteiger partial charge on any atom is 0.0328 e. The second kappa shape index (κ2) is 7.93. The predicted molar refractivity (Wildman–Crippen MR) is 82.0 cm³/mol. The molecule has 0 bridgehead atoms. The average Bonchev–Trinajstić information content (AvgIpc) is 2.64. The normalized spacial score (nSPS) is 12.0. The summed E-state index contributed by atoms with van der Waals surface area (Å²) in [5, 5.41) is 3.21. The summed E-state index contributed by atoms with van der Waals surface area (Å²) in [6.07, 6.45) is 0. The molecule has 0 saturated heterocycles. The molecule has 0 aliphatic heterocycles. The first-order valence-electron chi connectivity index (χ1n) is 6.95. The van der Waals surface area contributed by atoms with E-state index in [1.54, 1.807) is 0 Å². The van der Waals surface area contributed by atoms with E-state index in [9.17, 15) is 0 Å². The third-order valence-corrected chi connectivity index (χ3v) is 3.76. The standard InChI is InChI=1S/C15H28N2S/c1-12(2)9-17(10-13(3)4)11-15-7-6-14(18-15)8-16-5/h6-7,12-13,16H,8-11H2,1-5H3. The molecule has 1 N–H and O–H groups in total. The Hall–Kier alpha value is -0.380. The van der Waals surface area contributed by atoms with Crippen LogP contribution in [-0.4, -0.2) is 25.0 Å². The molecule has 0 aliphatic carbocycles. The lowest BCUT2D eigenvalue weighted by molar-refractivity contribution is 0.213. The minimum absolute atomic E-state index is 0.737. The van der Waals surface area contributed by atoms with E-state index in [4.69, 9.17) is 0 Å². The second-order valence-corrected chi connectivity index (χ2v) is 7.13. The minimum Gasteiger partial charge on any atom is -0.315 e. The molecule has 0 unspecified atom stereocenters. The highest BCUT2D eigenvalue weighted by Crippen LogP contribution is 2.19. The summed E-state index contributed by atoms with van der Waals surface area (Å²) < 4.78 is 0. The van der Waals surface area contributed by atoms with Crippen LogP contribution < -0.4 is 5.32 Å². The van der Waals surface area contributed by atoms with Gasteiger partial charge in [-0.15, -0.1) is 11.3 Å². The van der Waals surface area contributed by atoms with E-state index in [1.807, 2.05) is 18.4 Å². The summed E-state index contributed by atoms with van der Waals surface area (Å²) in [6.45, 7) is 13.7. The Morgan fingerprint density at radius 2 is 1.61 bits per heavy atom. The first kappa shape index (κ1) is 15.7. The summed E-state index contributed by atoms with van der Waals surface area (Å²) in [5.74, 6) is 1.47. The van der Waals surface area contributed by atoms with Gasteiger partial charge in [0.2, 0.25) is 0 Å². The van der Waals surface area contributed by atoms with Gasteiger partial charge in [0.15, 0.2) is 0 Å². The van der Waals surface area contributed by atoms with Gasteiger partial charge in [-0.25, -0.2) is 0 Å². The molecule has 1 rings (SSSR count). The first-order chi connectivity index (χ1) is 8.51. The van der Waals surface area contributed by atoms with Crippen LogP contribution in [0.4, 0.5) is 0 Å². The van der Waals surface area contributed by atoms with Gasteiger partial charge in [-0.2, -0.15) is 0 Å². The van der Waals surface area contributed by atoms with Crippen LogP contribution >= 0.6 is 11.3 Å². The van der Waals surface area contributed by atoms with Crippen LogP contribution in [0, 0.1) is 11.8 Å². The summed E-state index contributed by atoms with van der Waals surface area (Å²) in [5.41, 5.74) is 0. The molecule has 0 radical (unpaired) electrons. The van der Waals surface area contributed by atoms with E-state index in [1.165, 1.54) is 22.8 Å². The highest BCUT2D eigenvalue weighted by Gasteiger charge is 2.11.